The molecule has 0 aliphatic rings. The number of carbonyl (C=O) groups excluding carboxylic acids is 2. The van der Waals surface area contributed by atoms with Crippen LogP contribution in [0.4, 0.5) is 26.5 Å². The molecule has 0 bridgehead atoms. The topological polar surface area (TPSA) is 136 Å². The molecule has 0 saturated carbocycles. The van der Waals surface area contributed by atoms with Crippen LogP contribution in [0.1, 0.15) is 20.3 Å². The van der Waals surface area contributed by atoms with E-state index in [4.69, 9.17) is 10.2 Å². The zero-order valence-corrected chi connectivity index (χ0v) is 13.7. The van der Waals surface area contributed by atoms with Gasteiger partial charge in [-0.25, -0.2) is 22.4 Å². The van der Waals surface area contributed by atoms with E-state index in [0.29, 0.717) is 6.92 Å². The number of carboxylic acid groups (broad SMARTS) is 2. The first-order valence-electron chi connectivity index (χ1n) is 6.92. The Bertz CT molecular complexity index is 604. The Morgan fingerprint density at radius 2 is 1.56 bits per heavy atom. The second-order valence-electron chi connectivity index (χ2n) is 5.42. The number of hydrogen-bond donors (Lipinski definition) is 4. The molecule has 4 atom stereocenters. The Morgan fingerprint density at radius 1 is 1.07 bits per heavy atom. The summed E-state index contributed by atoms with van der Waals surface area (Å²) >= 11 is 0. The molecule has 0 fully saturated rings. The Balaban J connectivity index is 5.38. The zero-order chi connectivity index (χ0) is 21.7. The molecule has 0 aliphatic carbocycles. The zero-order valence-electron chi connectivity index (χ0n) is 13.7. The normalized spacial score (nSPS) is 18.1. The van der Waals surface area contributed by atoms with Gasteiger partial charge in [0.15, 0.2) is 0 Å². The van der Waals surface area contributed by atoms with Crippen LogP contribution in [-0.2, 0) is 19.2 Å². The van der Waals surface area contributed by atoms with Gasteiger partial charge in [-0.3, -0.25) is 14.4 Å². The van der Waals surface area contributed by atoms with Crippen molar-refractivity contribution >= 4 is 23.8 Å². The van der Waals surface area contributed by atoms with Crippen molar-refractivity contribution in [3.05, 3.63) is 0 Å². The summed E-state index contributed by atoms with van der Waals surface area (Å²) in [6.45, 7) is 0.396. The lowest BCUT2D eigenvalue weighted by Crippen LogP contribution is -2.66. The number of halogens is 6. The molecule has 15 heteroatoms. The Hall–Kier alpha value is -2.58. The minimum Gasteiger partial charge on any atom is -0.481 e. The molecule has 27 heavy (non-hydrogen) atoms. The maximum atomic E-state index is 14.1. The van der Waals surface area contributed by atoms with Crippen LogP contribution in [0.5, 0.6) is 0 Å². The molecule has 0 aliphatic heterocycles. The van der Waals surface area contributed by atoms with Crippen molar-refractivity contribution in [2.75, 3.05) is 0 Å². The van der Waals surface area contributed by atoms with E-state index < -0.39 is 65.5 Å². The van der Waals surface area contributed by atoms with E-state index in [1.54, 1.807) is 5.32 Å². The lowest BCUT2D eigenvalue weighted by molar-refractivity contribution is -0.318. The molecule has 0 saturated heterocycles. The molecular weight excluding hydrogens is 396 g/mol. The van der Waals surface area contributed by atoms with Gasteiger partial charge in [0.1, 0.15) is 12.1 Å². The summed E-state index contributed by atoms with van der Waals surface area (Å²) in [7, 11) is 0. The summed E-state index contributed by atoms with van der Waals surface area (Å²) in [6.07, 6.45) is -5.47. The standard InChI is InChI=1S/C12H15F6N3O6/c1-4(7(24)20-5(8(25)26)3-6(22)23)19-10(27)12(16,21(17)18)11(2,15)9(13)14/h4-5,9H,3H2,1-2H3,(H,19,27)(H,20,24)(H,22,23)(H,25,26)/t4-,5-,11?,12+/m0/s1. The number of hydrogen-bond acceptors (Lipinski definition) is 5. The summed E-state index contributed by atoms with van der Waals surface area (Å²) in [6, 6.07) is -4.02. The fourth-order valence-electron chi connectivity index (χ4n) is 1.64. The molecule has 0 heterocycles. The number of carbonyl (C=O) groups is 4. The van der Waals surface area contributed by atoms with Gasteiger partial charge in [0, 0.05) is 0 Å². The average Bonchev–Trinajstić information content (AvgIpc) is 2.51. The predicted molar refractivity (Wildman–Crippen MR) is 72.8 cm³/mol. The fraction of sp³-hybridized carbons (Fsp3) is 0.667. The number of nitrogens with one attached hydrogen (secondary N) is 2. The lowest BCUT2D eigenvalue weighted by atomic mass is 9.95. The highest BCUT2D eigenvalue weighted by Crippen LogP contribution is 2.39. The van der Waals surface area contributed by atoms with Crippen molar-refractivity contribution in [1.29, 1.82) is 0 Å². The summed E-state index contributed by atoms with van der Waals surface area (Å²) in [4.78, 5) is 44.6. The third kappa shape index (κ3) is 5.45. The Morgan fingerprint density at radius 3 is 1.89 bits per heavy atom. The highest BCUT2D eigenvalue weighted by molar-refractivity contribution is 5.93. The fourth-order valence-corrected chi connectivity index (χ4v) is 1.64. The summed E-state index contributed by atoms with van der Waals surface area (Å²) in [5.41, 5.74) is -4.69. The maximum absolute atomic E-state index is 14.1. The summed E-state index contributed by atoms with van der Waals surface area (Å²) in [5, 5.41) is 17.3. The van der Waals surface area contributed by atoms with Gasteiger partial charge in [0.05, 0.1) is 11.8 Å². The number of rotatable bonds is 10. The SMILES string of the molecule is C[C@H](NC(=O)[C@@](F)(N(F)F)C(C)(F)C(F)F)C(=O)N[C@@H](CC(=O)O)C(=O)O. The highest BCUT2D eigenvalue weighted by atomic mass is 19.4. The largest absolute Gasteiger partial charge is 0.481 e. The van der Waals surface area contributed by atoms with E-state index in [1.807, 2.05) is 0 Å². The molecule has 4 N–H and O–H groups in total. The molecular formula is C12H15F6N3O6. The van der Waals surface area contributed by atoms with Gasteiger partial charge in [-0.1, -0.05) is 8.96 Å². The summed E-state index contributed by atoms with van der Waals surface area (Å²) in [5.74, 6) is -12.8. The van der Waals surface area contributed by atoms with Crippen LogP contribution in [0.15, 0.2) is 0 Å². The molecule has 0 aromatic carbocycles. The molecule has 156 valence electrons. The number of amides is 2. The predicted octanol–water partition coefficient (Wildman–Crippen LogP) is 0.265. The number of alkyl halides is 4. The van der Waals surface area contributed by atoms with E-state index in [9.17, 15) is 45.7 Å². The monoisotopic (exact) mass is 411 g/mol. The summed E-state index contributed by atoms with van der Waals surface area (Å²) < 4.78 is 78.3. The van der Waals surface area contributed by atoms with Gasteiger partial charge in [0.2, 0.25) is 11.6 Å². The van der Waals surface area contributed by atoms with Crippen LogP contribution in [0.2, 0.25) is 0 Å². The van der Waals surface area contributed by atoms with Gasteiger partial charge in [-0.15, -0.1) is 0 Å². The molecule has 0 aromatic heterocycles. The molecule has 9 nitrogen and oxygen atoms in total. The number of aliphatic carboxylic acids is 2. The van der Waals surface area contributed by atoms with Crippen LogP contribution >= 0.6 is 0 Å². The third-order valence-corrected chi connectivity index (χ3v) is 3.33. The van der Waals surface area contributed by atoms with E-state index in [-0.39, 0.29) is 6.92 Å². The lowest BCUT2D eigenvalue weighted by Gasteiger charge is -2.34. The van der Waals surface area contributed by atoms with Gasteiger partial charge in [-0.05, 0) is 13.8 Å². The number of carboxylic acids is 2. The van der Waals surface area contributed by atoms with Crippen molar-refractivity contribution in [3.63, 3.8) is 0 Å². The minimum absolute atomic E-state index is 0.304. The van der Waals surface area contributed by atoms with E-state index in [1.165, 1.54) is 5.32 Å². The van der Waals surface area contributed by atoms with Crippen molar-refractivity contribution in [2.45, 2.75) is 50.2 Å². The molecule has 0 aromatic rings. The molecule has 1 unspecified atom stereocenters. The van der Waals surface area contributed by atoms with E-state index in [0.717, 1.165) is 0 Å². The molecule has 2 amide bonds. The molecule has 0 spiro atoms. The Labute approximate surface area is 147 Å². The first kappa shape index (κ1) is 24.4. The first-order chi connectivity index (χ1) is 12.1. The second kappa shape index (κ2) is 8.88. The van der Waals surface area contributed by atoms with Gasteiger partial charge >= 0.3 is 17.7 Å². The minimum atomic E-state index is -5.19. The van der Waals surface area contributed by atoms with E-state index >= 15 is 0 Å². The average molecular weight is 411 g/mol. The van der Waals surface area contributed by atoms with Crippen LogP contribution in [-0.4, -0.2) is 69.3 Å². The van der Waals surface area contributed by atoms with Crippen molar-refractivity contribution < 1.29 is 55.9 Å². The molecule has 0 radical (unpaired) electrons. The van der Waals surface area contributed by atoms with E-state index in [2.05, 4.69) is 0 Å². The van der Waals surface area contributed by atoms with Crippen LogP contribution in [0.3, 0.4) is 0 Å². The first-order valence-corrected chi connectivity index (χ1v) is 6.92. The quantitative estimate of drug-likeness (QED) is 0.230. The highest BCUT2D eigenvalue weighted by Gasteiger charge is 2.67. The molecule has 0 rings (SSSR count). The third-order valence-electron chi connectivity index (χ3n) is 3.33. The van der Waals surface area contributed by atoms with Crippen LogP contribution < -0.4 is 10.6 Å². The second-order valence-corrected chi connectivity index (χ2v) is 5.42. The maximum Gasteiger partial charge on any atom is 0.337 e. The smallest absolute Gasteiger partial charge is 0.337 e. The van der Waals surface area contributed by atoms with Gasteiger partial charge in [0.25, 0.3) is 12.3 Å². The van der Waals surface area contributed by atoms with Gasteiger partial charge < -0.3 is 20.8 Å². The number of nitrogens with zero attached hydrogens (tertiary/aromatic N) is 1. The van der Waals surface area contributed by atoms with Gasteiger partial charge in [-0.2, -0.15) is 0 Å². The van der Waals surface area contributed by atoms with Crippen molar-refractivity contribution in [2.24, 2.45) is 0 Å². The van der Waals surface area contributed by atoms with Crippen molar-refractivity contribution in [1.82, 2.24) is 16.0 Å². The van der Waals surface area contributed by atoms with Crippen LogP contribution in [0.25, 0.3) is 0 Å². The van der Waals surface area contributed by atoms with Crippen LogP contribution in [0, 0.1) is 0 Å². The Kier molecular flexibility index (Phi) is 8.03. The van der Waals surface area contributed by atoms with Crippen molar-refractivity contribution in [3.8, 4) is 0 Å².